The summed E-state index contributed by atoms with van der Waals surface area (Å²) in [7, 11) is 0. The molecule has 0 aliphatic rings. The van der Waals surface area contributed by atoms with Gasteiger partial charge in [-0.25, -0.2) is 9.18 Å². The van der Waals surface area contributed by atoms with Crippen LogP contribution in [0, 0.1) is 5.82 Å². The summed E-state index contributed by atoms with van der Waals surface area (Å²) in [6.07, 6.45) is -0.454. The molecule has 0 aliphatic carbocycles. The molecule has 2 N–H and O–H groups in total. The van der Waals surface area contributed by atoms with Crippen LogP contribution >= 0.6 is 0 Å². The first-order valence-electron chi connectivity index (χ1n) is 6.65. The first kappa shape index (κ1) is 16.4. The fraction of sp³-hybridized carbons (Fsp3) is 0.500. The third-order valence-electron chi connectivity index (χ3n) is 2.48. The number of hydrogen-bond donors (Lipinski definition) is 2. The second-order valence-corrected chi connectivity index (χ2v) is 4.03. The summed E-state index contributed by atoms with van der Waals surface area (Å²) in [5.74, 6) is -0.322. The molecule has 0 spiro atoms. The Kier molecular flexibility index (Phi) is 7.60. The molecular formula is C14H21FN2O3. The van der Waals surface area contributed by atoms with E-state index in [9.17, 15) is 9.18 Å². The molecule has 6 heteroatoms. The second kappa shape index (κ2) is 9.28. The molecule has 0 aromatic heterocycles. The molecule has 1 aromatic carbocycles. The van der Waals surface area contributed by atoms with E-state index < -0.39 is 6.29 Å². The molecule has 0 unspecified atom stereocenters. The van der Waals surface area contributed by atoms with Gasteiger partial charge in [0.15, 0.2) is 6.29 Å². The maximum absolute atomic E-state index is 13.0. The Balaban J connectivity index is 2.29. The van der Waals surface area contributed by atoms with Crippen molar-refractivity contribution >= 4 is 6.03 Å². The lowest BCUT2D eigenvalue weighted by Gasteiger charge is -2.17. The van der Waals surface area contributed by atoms with Crippen molar-refractivity contribution in [1.82, 2.24) is 10.6 Å². The van der Waals surface area contributed by atoms with E-state index in [1.165, 1.54) is 12.1 Å². The highest BCUT2D eigenvalue weighted by molar-refractivity contribution is 5.73. The van der Waals surface area contributed by atoms with E-state index >= 15 is 0 Å². The van der Waals surface area contributed by atoms with Crippen LogP contribution in [0.4, 0.5) is 9.18 Å². The first-order chi connectivity index (χ1) is 9.65. The van der Waals surface area contributed by atoms with Crippen molar-refractivity contribution in [2.24, 2.45) is 0 Å². The molecule has 0 atom stereocenters. The van der Waals surface area contributed by atoms with E-state index in [2.05, 4.69) is 10.6 Å². The van der Waals surface area contributed by atoms with Crippen molar-refractivity contribution in [2.45, 2.75) is 26.7 Å². The predicted octanol–water partition coefficient (Wildman–Crippen LogP) is 2.02. The Morgan fingerprint density at radius 1 is 1.25 bits per heavy atom. The highest BCUT2D eigenvalue weighted by Gasteiger charge is 2.09. The monoisotopic (exact) mass is 284 g/mol. The SMILES string of the molecule is CCOC(CNC(=O)NCc1cccc(F)c1)OCC. The number of hydrogen-bond acceptors (Lipinski definition) is 3. The Bertz CT molecular complexity index is 409. The van der Waals surface area contributed by atoms with Gasteiger partial charge in [0, 0.05) is 19.8 Å². The van der Waals surface area contributed by atoms with Gasteiger partial charge in [-0.2, -0.15) is 0 Å². The Labute approximate surface area is 118 Å². The molecule has 0 saturated heterocycles. The van der Waals surface area contributed by atoms with Gasteiger partial charge in [-0.1, -0.05) is 12.1 Å². The molecule has 0 fully saturated rings. The van der Waals surface area contributed by atoms with Crippen molar-refractivity contribution in [3.8, 4) is 0 Å². The molecule has 112 valence electrons. The fourth-order valence-corrected chi connectivity index (χ4v) is 1.61. The number of ether oxygens (including phenoxy) is 2. The number of benzene rings is 1. The average molecular weight is 284 g/mol. The number of carbonyl (C=O) groups excluding carboxylic acids is 1. The van der Waals surface area contributed by atoms with Crippen LogP contribution in [0.15, 0.2) is 24.3 Å². The molecule has 5 nitrogen and oxygen atoms in total. The smallest absolute Gasteiger partial charge is 0.315 e. The van der Waals surface area contributed by atoms with Gasteiger partial charge in [0.25, 0.3) is 0 Å². The average Bonchev–Trinajstić information content (AvgIpc) is 2.43. The van der Waals surface area contributed by atoms with E-state index in [1.54, 1.807) is 12.1 Å². The molecule has 1 rings (SSSR count). The summed E-state index contributed by atoms with van der Waals surface area (Å²) in [6.45, 7) is 5.26. The van der Waals surface area contributed by atoms with E-state index in [0.29, 0.717) is 18.8 Å². The summed E-state index contributed by atoms with van der Waals surface area (Å²) in [5, 5.41) is 5.28. The molecular weight excluding hydrogens is 263 g/mol. The van der Waals surface area contributed by atoms with Gasteiger partial charge in [0.1, 0.15) is 5.82 Å². The van der Waals surface area contributed by atoms with Crippen molar-refractivity contribution in [3.05, 3.63) is 35.6 Å². The van der Waals surface area contributed by atoms with Crippen LogP contribution in [0.3, 0.4) is 0 Å². The van der Waals surface area contributed by atoms with Crippen LogP contribution in [0.1, 0.15) is 19.4 Å². The van der Waals surface area contributed by atoms with E-state index in [1.807, 2.05) is 13.8 Å². The molecule has 0 heterocycles. The van der Waals surface area contributed by atoms with Crippen LogP contribution < -0.4 is 10.6 Å². The van der Waals surface area contributed by atoms with Crippen LogP contribution in [0.2, 0.25) is 0 Å². The number of amides is 2. The van der Waals surface area contributed by atoms with E-state index in [0.717, 1.165) is 0 Å². The van der Waals surface area contributed by atoms with Gasteiger partial charge < -0.3 is 20.1 Å². The summed E-state index contributed by atoms with van der Waals surface area (Å²) < 4.78 is 23.5. The lowest BCUT2D eigenvalue weighted by Crippen LogP contribution is -2.41. The Morgan fingerprint density at radius 2 is 1.95 bits per heavy atom. The van der Waals surface area contributed by atoms with Gasteiger partial charge in [0.05, 0.1) is 6.54 Å². The molecule has 0 radical (unpaired) electrons. The van der Waals surface area contributed by atoms with Gasteiger partial charge in [-0.3, -0.25) is 0 Å². The van der Waals surface area contributed by atoms with Crippen molar-refractivity contribution in [3.63, 3.8) is 0 Å². The van der Waals surface area contributed by atoms with Crippen LogP contribution in [-0.4, -0.2) is 32.1 Å². The molecule has 2 amide bonds. The van der Waals surface area contributed by atoms with Crippen molar-refractivity contribution in [2.75, 3.05) is 19.8 Å². The summed E-state index contributed by atoms with van der Waals surface area (Å²) in [4.78, 5) is 11.6. The van der Waals surface area contributed by atoms with E-state index in [4.69, 9.17) is 9.47 Å². The number of rotatable bonds is 8. The second-order valence-electron chi connectivity index (χ2n) is 4.03. The zero-order chi connectivity index (χ0) is 14.8. The minimum absolute atomic E-state index is 0.261. The quantitative estimate of drug-likeness (QED) is 0.718. The maximum atomic E-state index is 13.0. The topological polar surface area (TPSA) is 59.6 Å². The number of nitrogens with one attached hydrogen (secondary N) is 2. The van der Waals surface area contributed by atoms with Crippen LogP contribution in [-0.2, 0) is 16.0 Å². The number of halogens is 1. The maximum Gasteiger partial charge on any atom is 0.315 e. The van der Waals surface area contributed by atoms with Gasteiger partial charge >= 0.3 is 6.03 Å². The molecule has 20 heavy (non-hydrogen) atoms. The number of urea groups is 1. The molecule has 1 aromatic rings. The lowest BCUT2D eigenvalue weighted by molar-refractivity contribution is -0.131. The summed E-state index contributed by atoms with van der Waals surface area (Å²) in [5.41, 5.74) is 0.700. The van der Waals surface area contributed by atoms with Crippen molar-refractivity contribution in [1.29, 1.82) is 0 Å². The largest absolute Gasteiger partial charge is 0.351 e. The van der Waals surface area contributed by atoms with Gasteiger partial charge in [0.2, 0.25) is 0 Å². The zero-order valence-electron chi connectivity index (χ0n) is 11.8. The standard InChI is InChI=1S/C14H21FN2O3/c1-3-19-13(20-4-2)10-17-14(18)16-9-11-6-5-7-12(15)8-11/h5-8,13H,3-4,9-10H2,1-2H3,(H2,16,17,18). The Hall–Kier alpha value is -1.66. The van der Waals surface area contributed by atoms with Crippen LogP contribution in [0.25, 0.3) is 0 Å². The predicted molar refractivity (Wildman–Crippen MR) is 73.7 cm³/mol. The Morgan fingerprint density at radius 3 is 2.55 bits per heavy atom. The van der Waals surface area contributed by atoms with Crippen LogP contribution in [0.5, 0.6) is 0 Å². The summed E-state index contributed by atoms with van der Waals surface area (Å²) >= 11 is 0. The number of carbonyl (C=O) groups is 1. The third-order valence-corrected chi connectivity index (χ3v) is 2.48. The zero-order valence-corrected chi connectivity index (χ0v) is 11.8. The van der Waals surface area contributed by atoms with E-state index in [-0.39, 0.29) is 24.9 Å². The third kappa shape index (κ3) is 6.49. The highest BCUT2D eigenvalue weighted by Crippen LogP contribution is 2.02. The van der Waals surface area contributed by atoms with Gasteiger partial charge in [-0.15, -0.1) is 0 Å². The first-order valence-corrected chi connectivity index (χ1v) is 6.65. The van der Waals surface area contributed by atoms with Crippen molar-refractivity contribution < 1.29 is 18.7 Å². The minimum atomic E-state index is -0.454. The lowest BCUT2D eigenvalue weighted by atomic mass is 10.2. The normalized spacial score (nSPS) is 10.6. The minimum Gasteiger partial charge on any atom is -0.351 e. The fourth-order valence-electron chi connectivity index (χ4n) is 1.61. The molecule has 0 aliphatic heterocycles. The summed E-state index contributed by atoms with van der Waals surface area (Å²) in [6, 6.07) is 5.73. The highest BCUT2D eigenvalue weighted by atomic mass is 19.1. The van der Waals surface area contributed by atoms with Gasteiger partial charge in [-0.05, 0) is 31.5 Å². The molecule has 0 bridgehead atoms. The molecule has 0 saturated carbocycles.